The van der Waals surface area contributed by atoms with Crippen LogP contribution in [0.4, 0.5) is 11.6 Å². The predicted molar refractivity (Wildman–Crippen MR) is 195 cm³/mol. The van der Waals surface area contributed by atoms with Crippen molar-refractivity contribution in [1.82, 2.24) is 29.8 Å². The Labute approximate surface area is 287 Å². The summed E-state index contributed by atoms with van der Waals surface area (Å²) in [5.74, 6) is 0.432. The Hall–Kier alpha value is -6.17. The second-order valence-corrected chi connectivity index (χ2v) is 12.6. The first kappa shape index (κ1) is 32.4. The van der Waals surface area contributed by atoms with E-state index in [2.05, 4.69) is 43.7 Å². The van der Waals surface area contributed by atoms with Crippen LogP contribution in [0.1, 0.15) is 35.2 Å². The number of ether oxygens (including phenoxy) is 1. The van der Waals surface area contributed by atoms with E-state index in [-0.39, 0.29) is 17.5 Å². The number of anilines is 2. The molecule has 7 rings (SSSR count). The largest absolute Gasteiger partial charge is 0.471 e. The second kappa shape index (κ2) is 13.4. The first-order valence-corrected chi connectivity index (χ1v) is 16.4. The second-order valence-electron chi connectivity index (χ2n) is 12.6. The van der Waals surface area contributed by atoms with Gasteiger partial charge in [0.1, 0.15) is 17.7 Å². The highest BCUT2D eigenvalue weighted by atomic mass is 16.5. The maximum absolute atomic E-state index is 13.0. The third-order valence-electron chi connectivity index (χ3n) is 9.15. The summed E-state index contributed by atoms with van der Waals surface area (Å²) in [6, 6.07) is 21.5. The summed E-state index contributed by atoms with van der Waals surface area (Å²) >= 11 is 0. The normalized spacial score (nSPS) is 11.4. The van der Waals surface area contributed by atoms with E-state index in [0.717, 1.165) is 49.9 Å². The van der Waals surface area contributed by atoms with E-state index in [1.807, 2.05) is 85.7 Å². The number of aryl methyl sites for hydroxylation is 2. The van der Waals surface area contributed by atoms with Gasteiger partial charge < -0.3 is 34.7 Å². The van der Waals surface area contributed by atoms with Crippen LogP contribution in [0.25, 0.3) is 44.2 Å². The number of amides is 1. The quantitative estimate of drug-likeness (QED) is 0.140. The maximum Gasteiger partial charge on any atom is 0.344 e. The Balaban J connectivity index is 0.976. The highest BCUT2D eigenvalue weighted by molar-refractivity contribution is 6.08. The lowest BCUT2D eigenvalue weighted by Crippen LogP contribution is -2.22. The van der Waals surface area contributed by atoms with Crippen LogP contribution in [-0.2, 0) is 24.5 Å². The van der Waals surface area contributed by atoms with Crippen LogP contribution in [0.15, 0.2) is 82.3 Å². The number of hydrogen-bond acceptors (Lipinski definition) is 9. The number of aromatic nitrogens is 5. The highest BCUT2D eigenvalue weighted by Gasteiger charge is 2.18. The molecule has 0 unspecified atom stereocenters. The number of nitrogens with zero attached hydrogens (tertiary/aromatic N) is 5. The molecule has 3 aromatic carbocycles. The van der Waals surface area contributed by atoms with Crippen molar-refractivity contribution in [2.45, 2.75) is 46.4 Å². The Morgan fingerprint density at radius 1 is 1.02 bits per heavy atom. The summed E-state index contributed by atoms with van der Waals surface area (Å²) in [6.45, 7) is 5.59. The van der Waals surface area contributed by atoms with Crippen LogP contribution in [0.3, 0.4) is 0 Å². The number of carbonyl (C=O) groups is 1. The number of nitrogen functional groups attached to an aromatic ring is 1. The molecule has 0 saturated heterocycles. The van der Waals surface area contributed by atoms with E-state index in [0.29, 0.717) is 60.7 Å². The molecule has 1 amide bonds. The lowest BCUT2D eigenvalue weighted by Gasteiger charge is -2.12. The fourth-order valence-corrected chi connectivity index (χ4v) is 6.31. The number of aromatic amines is 1. The third kappa shape index (κ3) is 6.35. The van der Waals surface area contributed by atoms with Gasteiger partial charge >= 0.3 is 5.63 Å². The van der Waals surface area contributed by atoms with E-state index < -0.39 is 0 Å². The molecule has 50 heavy (non-hydrogen) atoms. The van der Waals surface area contributed by atoms with Crippen molar-refractivity contribution in [3.05, 3.63) is 106 Å². The first-order valence-electron chi connectivity index (χ1n) is 16.4. The summed E-state index contributed by atoms with van der Waals surface area (Å²) in [5, 5.41) is 5.00. The number of benzene rings is 3. The molecule has 0 atom stereocenters. The van der Waals surface area contributed by atoms with Crippen LogP contribution in [0.2, 0.25) is 0 Å². The van der Waals surface area contributed by atoms with Crippen molar-refractivity contribution in [3.8, 4) is 17.0 Å². The fraction of sp³-hybridized carbons (Fsp3) is 0.237. The summed E-state index contributed by atoms with van der Waals surface area (Å²) in [6.07, 6.45) is 2.59. The molecule has 0 saturated carbocycles. The predicted octanol–water partition coefficient (Wildman–Crippen LogP) is 6.02. The van der Waals surface area contributed by atoms with E-state index in [4.69, 9.17) is 14.9 Å². The van der Waals surface area contributed by atoms with Crippen molar-refractivity contribution in [3.63, 3.8) is 0 Å². The number of hydrogen-bond donors (Lipinski definition) is 3. The minimum absolute atomic E-state index is 0.00896. The van der Waals surface area contributed by atoms with Crippen LogP contribution < -0.4 is 26.3 Å². The van der Waals surface area contributed by atoms with Crippen molar-refractivity contribution in [1.29, 1.82) is 0 Å². The minimum Gasteiger partial charge on any atom is -0.471 e. The van der Waals surface area contributed by atoms with Crippen molar-refractivity contribution >= 4 is 50.6 Å². The zero-order valence-corrected chi connectivity index (χ0v) is 28.4. The van der Waals surface area contributed by atoms with E-state index in [1.54, 1.807) is 0 Å². The van der Waals surface area contributed by atoms with Crippen LogP contribution in [0, 0.1) is 13.8 Å². The Bertz CT molecular complexity index is 2410. The highest BCUT2D eigenvalue weighted by Crippen LogP contribution is 2.34. The van der Waals surface area contributed by atoms with Gasteiger partial charge in [-0.3, -0.25) is 4.79 Å². The lowest BCUT2D eigenvalue weighted by molar-refractivity contribution is -0.121. The molecule has 254 valence electrons. The van der Waals surface area contributed by atoms with Crippen molar-refractivity contribution < 1.29 is 13.9 Å². The Morgan fingerprint density at radius 3 is 2.54 bits per heavy atom. The number of imidazole rings is 1. The van der Waals surface area contributed by atoms with Gasteiger partial charge in [0.15, 0.2) is 5.65 Å². The monoisotopic (exact) mass is 670 g/mol. The number of nitrogens with two attached hydrogens (primary N) is 1. The summed E-state index contributed by atoms with van der Waals surface area (Å²) < 4.78 is 13.9. The molecule has 7 aromatic rings. The summed E-state index contributed by atoms with van der Waals surface area (Å²) in [5.41, 5.74) is 14.6. The SMILES string of the molecule is Cc1c(C)n(CCCC(=O)NCc2ccc(COc3nc(N)nc4nc[nH]c34)cc2)c2ccc3oc(=O)c(-c4ccc(N(C)C)cc4)cc3c12. The van der Waals surface area contributed by atoms with Crippen molar-refractivity contribution in [2.24, 2.45) is 0 Å². The zero-order chi connectivity index (χ0) is 34.9. The minimum atomic E-state index is -0.361. The molecule has 0 aliphatic carbocycles. The van der Waals surface area contributed by atoms with E-state index in [9.17, 15) is 9.59 Å². The molecular formula is C38H38N8O4. The molecule has 0 spiro atoms. The number of carbonyl (C=O) groups excluding carboxylic acids is 1. The molecule has 4 aromatic heterocycles. The van der Waals surface area contributed by atoms with Gasteiger partial charge in [0.2, 0.25) is 17.7 Å². The summed E-state index contributed by atoms with van der Waals surface area (Å²) in [4.78, 5) is 43.1. The van der Waals surface area contributed by atoms with Gasteiger partial charge in [-0.2, -0.15) is 9.97 Å². The molecule has 0 bridgehead atoms. The van der Waals surface area contributed by atoms with Crippen LogP contribution in [-0.4, -0.2) is 44.5 Å². The molecular weight excluding hydrogens is 632 g/mol. The average molecular weight is 671 g/mol. The van der Waals surface area contributed by atoms with Crippen molar-refractivity contribution in [2.75, 3.05) is 24.7 Å². The van der Waals surface area contributed by atoms with Gasteiger partial charge in [-0.1, -0.05) is 36.4 Å². The number of fused-ring (bicyclic) bond motifs is 4. The maximum atomic E-state index is 13.0. The molecule has 0 radical (unpaired) electrons. The van der Waals surface area contributed by atoms with Gasteiger partial charge in [-0.25, -0.2) is 9.78 Å². The standard InChI is InChI=1S/C38H38N8O4/c1-22-23(2)46(30-15-16-31-29(33(22)30)18-28(37(48)50-31)26-11-13-27(14-12-26)45(3)4)17-5-6-32(47)40-19-24-7-9-25(10-8-24)20-49-36-34-35(42-21-41-34)43-38(39)44-36/h7-16,18,21H,5-6,17,19-20H2,1-4H3,(H,40,47)(H3,39,41,42,43,44). The van der Waals surface area contributed by atoms with E-state index in [1.165, 1.54) is 6.33 Å². The van der Waals surface area contributed by atoms with Gasteiger partial charge in [-0.15, -0.1) is 0 Å². The number of nitrogens with one attached hydrogen (secondary N) is 2. The van der Waals surface area contributed by atoms with Crippen LogP contribution in [0.5, 0.6) is 5.88 Å². The Kier molecular flexibility index (Phi) is 8.67. The summed E-state index contributed by atoms with van der Waals surface area (Å²) in [7, 11) is 3.97. The van der Waals surface area contributed by atoms with Gasteiger partial charge in [-0.05, 0) is 72.9 Å². The van der Waals surface area contributed by atoms with Gasteiger partial charge in [0.25, 0.3) is 0 Å². The molecule has 0 fully saturated rings. The van der Waals surface area contributed by atoms with E-state index >= 15 is 0 Å². The number of rotatable bonds is 11. The fourth-order valence-electron chi connectivity index (χ4n) is 6.31. The topological polar surface area (TPSA) is 157 Å². The molecule has 4 heterocycles. The van der Waals surface area contributed by atoms with Gasteiger partial charge in [0.05, 0.1) is 11.9 Å². The van der Waals surface area contributed by atoms with Gasteiger partial charge in [0, 0.05) is 61.3 Å². The third-order valence-corrected chi connectivity index (χ3v) is 9.15. The molecule has 0 aliphatic rings. The lowest BCUT2D eigenvalue weighted by atomic mass is 10.0. The average Bonchev–Trinajstić information content (AvgIpc) is 3.68. The molecule has 12 heteroatoms. The molecule has 4 N–H and O–H groups in total. The Morgan fingerprint density at radius 2 is 1.78 bits per heavy atom. The first-order chi connectivity index (χ1) is 24.2. The smallest absolute Gasteiger partial charge is 0.344 e. The molecule has 0 aliphatic heterocycles. The molecule has 12 nitrogen and oxygen atoms in total. The number of H-pyrrole nitrogens is 1. The van der Waals surface area contributed by atoms with Crippen LogP contribution >= 0.6 is 0 Å². The zero-order valence-electron chi connectivity index (χ0n) is 28.4.